The van der Waals surface area contributed by atoms with E-state index in [4.69, 9.17) is 16.4 Å². The zero-order chi connectivity index (χ0) is 55.6. The average Bonchev–Trinajstić information content (AvgIpc) is 4.03. The van der Waals surface area contributed by atoms with Crippen molar-refractivity contribution >= 4 is 83.8 Å². The zero-order valence-corrected chi connectivity index (χ0v) is 34.7. The summed E-state index contributed by atoms with van der Waals surface area (Å²) in [5, 5.41) is 1.11. The van der Waals surface area contributed by atoms with Gasteiger partial charge in [0.2, 0.25) is 0 Å². The summed E-state index contributed by atoms with van der Waals surface area (Å²) in [6, 6.07) is 16.5. The molecule has 0 heterocycles. The summed E-state index contributed by atoms with van der Waals surface area (Å²) in [6.45, 7) is 0. The fourth-order valence-electron chi connectivity index (χ4n) is 8.66. The quantitative estimate of drug-likeness (QED) is 0.115. The number of hydrogen-bond acceptors (Lipinski definition) is 0. The Morgan fingerprint density at radius 3 is 1.30 bits per heavy atom. The SMILES string of the molecule is [2H]c1c([2H])c([2H])c(P(=[Se])(c2ccc3c(c2)C2(c4cc(P(=[Se])(c5c([2H])c([2H])c([2H])c([2H])c5[2H])c5c([2H])c([2H])c([2H])c([2H])c5[2H])ccc4-3)c3ccccc3-c3c2ccc2ccccc32)c2c([2H])c([2H])c([2H])c([2H])c2[2H])c([2H])c1[2H]. The Morgan fingerprint density at radius 2 is 0.807 bits per heavy atom. The van der Waals surface area contributed by atoms with Crippen LogP contribution in [0.15, 0.2) is 218 Å². The molecule has 0 saturated carbocycles. The van der Waals surface area contributed by atoms with E-state index >= 15 is 0 Å². The summed E-state index contributed by atoms with van der Waals surface area (Å²) in [5.74, 6) is 0. The Hall–Kier alpha value is -4.86. The van der Waals surface area contributed by atoms with E-state index in [0.29, 0.717) is 22.3 Å². The first-order chi connectivity index (χ1) is 36.3. The van der Waals surface area contributed by atoms with Crippen molar-refractivity contribution in [3.05, 3.63) is 240 Å². The average molecular weight is 913 g/mol. The van der Waals surface area contributed by atoms with Crippen molar-refractivity contribution in [2.45, 2.75) is 5.41 Å². The minimum atomic E-state index is -4.09. The Labute approximate surface area is 377 Å². The molecule has 0 fully saturated rings. The van der Waals surface area contributed by atoms with Crippen LogP contribution in [0.2, 0.25) is 0 Å². The number of rotatable bonds is 6. The van der Waals surface area contributed by atoms with Crippen molar-refractivity contribution in [2.24, 2.45) is 0 Å². The third kappa shape index (κ3) is 5.07. The molecule has 9 aromatic rings. The third-order valence-electron chi connectivity index (χ3n) is 11.0. The van der Waals surface area contributed by atoms with Crippen LogP contribution in [-0.2, 0) is 5.41 Å². The van der Waals surface area contributed by atoms with Gasteiger partial charge in [0.05, 0.1) is 0 Å². The van der Waals surface area contributed by atoms with Gasteiger partial charge < -0.3 is 0 Å². The molecule has 2 aliphatic carbocycles. The molecule has 0 radical (unpaired) electrons. The summed E-state index contributed by atoms with van der Waals surface area (Å²) in [7, 11) is 0. The van der Waals surface area contributed by atoms with Gasteiger partial charge in [0.15, 0.2) is 0 Å². The predicted octanol–water partition coefficient (Wildman–Crippen LogP) is 9.94. The Morgan fingerprint density at radius 1 is 0.368 bits per heavy atom. The van der Waals surface area contributed by atoms with Gasteiger partial charge in [-0.15, -0.1) is 0 Å². The van der Waals surface area contributed by atoms with E-state index in [2.05, 4.69) is 30.2 Å². The zero-order valence-electron chi connectivity index (χ0n) is 49.4. The second-order valence-corrected chi connectivity index (χ2v) is 25.7. The van der Waals surface area contributed by atoms with Gasteiger partial charge >= 0.3 is 379 Å². The molecule has 0 nitrogen and oxygen atoms in total. The maximum absolute atomic E-state index is 9.39. The minimum absolute atomic E-state index is 0.247. The van der Waals surface area contributed by atoms with Crippen molar-refractivity contribution in [1.29, 1.82) is 0 Å². The summed E-state index contributed by atoms with van der Waals surface area (Å²) < 4.78 is 180. The van der Waals surface area contributed by atoms with E-state index in [-0.39, 0.29) is 31.8 Å². The molecule has 0 amide bonds. The van der Waals surface area contributed by atoms with E-state index in [9.17, 15) is 11.0 Å². The predicted molar refractivity (Wildman–Crippen MR) is 249 cm³/mol. The van der Waals surface area contributed by atoms with Crippen LogP contribution >= 0.6 is 11.0 Å². The van der Waals surface area contributed by atoms with Crippen molar-refractivity contribution in [3.63, 3.8) is 0 Å². The van der Waals surface area contributed by atoms with Gasteiger partial charge in [-0.25, -0.2) is 0 Å². The van der Waals surface area contributed by atoms with Crippen molar-refractivity contribution in [1.82, 2.24) is 0 Å². The summed E-state index contributed by atoms with van der Waals surface area (Å²) >= 11 is 6.27. The Kier molecular flexibility index (Phi) is 4.83. The van der Waals surface area contributed by atoms with E-state index < -0.39 is 137 Å². The molecule has 9 aromatic carbocycles. The van der Waals surface area contributed by atoms with Crippen LogP contribution < -0.4 is 31.8 Å². The molecule has 0 saturated heterocycles. The Balaban J connectivity index is 1.33. The molecular weight excluding hydrogens is 856 g/mol. The standard InChI is InChI=1S/C53H36P2Se2/c56-54(38-18-5-1-6-19-38,39-20-7-2-8-21-39)42-30-32-45-46-33-31-43(55(57,40-22-9-3-10-23-40)41-24-11-4-12-25-41)36-51(46)53(50(45)35-42)48-28-16-15-27-47(48)52-44-26-14-13-17-37(44)29-34-49(52)53/h1-36H/i1D,2D,3D,4D,5D,6D,7D,8D,9D,10D,11D,12D,18D,19D,20D,21D,22D,23D,24D,25D. The van der Waals surface area contributed by atoms with Gasteiger partial charge in [-0.1, -0.05) is 0 Å². The maximum atomic E-state index is 9.39. The molecule has 0 aliphatic heterocycles. The van der Waals surface area contributed by atoms with Crippen molar-refractivity contribution in [2.75, 3.05) is 0 Å². The molecule has 57 heavy (non-hydrogen) atoms. The molecule has 270 valence electrons. The first kappa shape index (κ1) is 20.2. The van der Waals surface area contributed by atoms with Crippen LogP contribution in [0.4, 0.5) is 0 Å². The number of benzene rings is 9. The molecule has 0 N–H and O–H groups in total. The number of hydrogen-bond donors (Lipinski definition) is 0. The third-order valence-corrected chi connectivity index (χ3v) is 23.6. The second-order valence-electron chi connectivity index (χ2n) is 13.6. The van der Waals surface area contributed by atoms with E-state index in [1.54, 1.807) is 36.4 Å². The van der Waals surface area contributed by atoms with Gasteiger partial charge in [0, 0.05) is 0 Å². The second kappa shape index (κ2) is 13.6. The molecule has 0 unspecified atom stereocenters. The molecule has 11 rings (SSSR count). The van der Waals surface area contributed by atoms with E-state index in [1.165, 1.54) is 0 Å². The number of fused-ring (bicyclic) bond motifs is 12. The molecule has 0 bridgehead atoms. The van der Waals surface area contributed by atoms with Crippen molar-refractivity contribution < 1.29 is 27.4 Å². The summed E-state index contributed by atoms with van der Waals surface area (Å²) in [4.78, 5) is 0. The van der Waals surface area contributed by atoms with Crippen LogP contribution in [0, 0.1) is 0 Å². The van der Waals surface area contributed by atoms with Crippen LogP contribution in [0.25, 0.3) is 33.0 Å². The van der Waals surface area contributed by atoms with Gasteiger partial charge in [0.25, 0.3) is 0 Å². The fourth-order valence-corrected chi connectivity index (χ4v) is 16.8. The van der Waals surface area contributed by atoms with Crippen molar-refractivity contribution in [3.8, 4) is 22.3 Å². The van der Waals surface area contributed by atoms with Crippen LogP contribution in [0.5, 0.6) is 0 Å². The molecule has 0 atom stereocenters. The molecular formula is C53H36P2Se2. The molecule has 4 heteroatoms. The Bertz CT molecular complexity index is 3860. The van der Waals surface area contributed by atoms with Gasteiger partial charge in [-0.2, -0.15) is 0 Å². The van der Waals surface area contributed by atoms with Crippen LogP contribution in [0.3, 0.4) is 0 Å². The summed E-state index contributed by atoms with van der Waals surface area (Å²) in [5.41, 5.74) is -4.06. The molecule has 1 spiro atoms. The fraction of sp³-hybridized carbons (Fsp3) is 0.0189. The molecule has 2 aliphatic rings. The van der Waals surface area contributed by atoms with Crippen LogP contribution in [-0.4, -0.2) is 30.2 Å². The van der Waals surface area contributed by atoms with Crippen LogP contribution in [0.1, 0.15) is 49.7 Å². The first-order valence-corrected chi connectivity index (χ1v) is 25.8. The van der Waals surface area contributed by atoms with Gasteiger partial charge in [0.1, 0.15) is 0 Å². The van der Waals surface area contributed by atoms with Gasteiger partial charge in [-0.05, 0) is 0 Å². The normalized spacial score (nSPS) is 18.5. The van der Waals surface area contributed by atoms with E-state index in [1.807, 2.05) is 60.7 Å². The first-order valence-electron chi connectivity index (χ1n) is 27.7. The van der Waals surface area contributed by atoms with E-state index in [0.717, 1.165) is 33.0 Å². The topological polar surface area (TPSA) is 0 Å². The summed E-state index contributed by atoms with van der Waals surface area (Å²) in [6.07, 6.45) is 0. The molecule has 0 aromatic heterocycles. The monoisotopic (exact) mass is 914 g/mol. The van der Waals surface area contributed by atoms with Gasteiger partial charge in [-0.3, -0.25) is 0 Å².